The molecular weight excluding hydrogens is 268 g/mol. The summed E-state index contributed by atoms with van der Waals surface area (Å²) in [5.74, 6) is -0.415. The fraction of sp³-hybridized carbons (Fsp3) is 0.500. The predicted octanol–water partition coefficient (Wildman–Crippen LogP) is 1.17. The van der Waals surface area contributed by atoms with Crippen molar-refractivity contribution in [2.45, 2.75) is 33.4 Å². The molecule has 2 N–H and O–H groups in total. The molecule has 1 aromatic carbocycles. The van der Waals surface area contributed by atoms with Crippen molar-refractivity contribution in [3.8, 4) is 0 Å². The lowest BCUT2D eigenvalue weighted by atomic mass is 10.0. The van der Waals surface area contributed by atoms with Crippen molar-refractivity contribution in [2.75, 3.05) is 13.2 Å². The molecule has 5 nitrogen and oxygen atoms in total. The van der Waals surface area contributed by atoms with Crippen LogP contribution >= 0.6 is 0 Å². The Morgan fingerprint density at radius 3 is 2.33 bits per heavy atom. The van der Waals surface area contributed by atoms with E-state index >= 15 is 0 Å². The molecule has 0 aromatic heterocycles. The third-order valence-electron chi connectivity index (χ3n) is 3.19. The zero-order chi connectivity index (χ0) is 15.8. The zero-order valence-electron chi connectivity index (χ0n) is 12.9. The third-order valence-corrected chi connectivity index (χ3v) is 3.19. The molecule has 2 amide bonds. The Hall–Kier alpha value is -1.88. The van der Waals surface area contributed by atoms with E-state index < -0.39 is 6.04 Å². The molecule has 1 unspecified atom stereocenters. The van der Waals surface area contributed by atoms with Gasteiger partial charge in [0.2, 0.25) is 11.8 Å². The van der Waals surface area contributed by atoms with Gasteiger partial charge in [0, 0.05) is 20.0 Å². The summed E-state index contributed by atoms with van der Waals surface area (Å²) in [6.07, 6.45) is 0. The second kappa shape index (κ2) is 8.42. The number of aliphatic hydroxyl groups is 1. The van der Waals surface area contributed by atoms with E-state index in [1.165, 1.54) is 6.92 Å². The minimum atomic E-state index is -0.572. The van der Waals surface area contributed by atoms with Crippen LogP contribution in [0.4, 0.5) is 0 Å². The first-order valence-corrected chi connectivity index (χ1v) is 7.16. The smallest absolute Gasteiger partial charge is 0.245 e. The highest BCUT2D eigenvalue weighted by Gasteiger charge is 2.27. The topological polar surface area (TPSA) is 69.6 Å². The molecule has 0 aliphatic carbocycles. The Kier molecular flexibility index (Phi) is 6.88. The average Bonchev–Trinajstić information content (AvgIpc) is 2.44. The third kappa shape index (κ3) is 5.55. The lowest BCUT2D eigenvalue weighted by Crippen LogP contribution is -2.51. The molecule has 0 bridgehead atoms. The molecule has 0 saturated carbocycles. The van der Waals surface area contributed by atoms with Gasteiger partial charge in [0.15, 0.2) is 0 Å². The summed E-state index contributed by atoms with van der Waals surface area (Å²) in [6, 6.07) is 9.02. The summed E-state index contributed by atoms with van der Waals surface area (Å²) in [7, 11) is 0. The normalized spacial score (nSPS) is 12.0. The van der Waals surface area contributed by atoms with Gasteiger partial charge in [-0.05, 0) is 11.5 Å². The van der Waals surface area contributed by atoms with Gasteiger partial charge < -0.3 is 15.3 Å². The standard InChI is InChI=1S/C16H24N2O3/c1-12(2)15(17-13(3)20)16(21)18(9-10-19)11-14-7-5-4-6-8-14/h4-8,12,15,19H,9-11H2,1-3H3,(H,17,20). The van der Waals surface area contributed by atoms with Crippen molar-refractivity contribution in [2.24, 2.45) is 5.92 Å². The van der Waals surface area contributed by atoms with E-state index in [1.807, 2.05) is 44.2 Å². The quantitative estimate of drug-likeness (QED) is 0.792. The van der Waals surface area contributed by atoms with E-state index in [2.05, 4.69) is 5.32 Å². The van der Waals surface area contributed by atoms with Gasteiger partial charge >= 0.3 is 0 Å². The fourth-order valence-electron chi connectivity index (χ4n) is 2.12. The molecule has 0 heterocycles. The summed E-state index contributed by atoms with van der Waals surface area (Å²) in [4.78, 5) is 25.5. The van der Waals surface area contributed by atoms with Gasteiger partial charge in [-0.15, -0.1) is 0 Å². The number of hydrogen-bond acceptors (Lipinski definition) is 3. The average molecular weight is 292 g/mol. The Labute approximate surface area is 126 Å². The van der Waals surface area contributed by atoms with Crippen LogP contribution in [0.25, 0.3) is 0 Å². The molecule has 1 atom stereocenters. The maximum Gasteiger partial charge on any atom is 0.245 e. The number of aliphatic hydroxyl groups excluding tert-OH is 1. The monoisotopic (exact) mass is 292 g/mol. The van der Waals surface area contributed by atoms with Gasteiger partial charge in [-0.25, -0.2) is 0 Å². The van der Waals surface area contributed by atoms with Crippen LogP contribution in [0.1, 0.15) is 26.3 Å². The molecule has 0 radical (unpaired) electrons. The van der Waals surface area contributed by atoms with Crippen molar-refractivity contribution in [1.29, 1.82) is 0 Å². The van der Waals surface area contributed by atoms with E-state index in [0.717, 1.165) is 5.56 Å². The number of benzene rings is 1. The number of nitrogens with zero attached hydrogens (tertiary/aromatic N) is 1. The van der Waals surface area contributed by atoms with Crippen molar-refractivity contribution in [1.82, 2.24) is 10.2 Å². The summed E-state index contributed by atoms with van der Waals surface area (Å²) >= 11 is 0. The van der Waals surface area contributed by atoms with Crippen LogP contribution in [0.15, 0.2) is 30.3 Å². The van der Waals surface area contributed by atoms with E-state index in [4.69, 9.17) is 0 Å². The van der Waals surface area contributed by atoms with Gasteiger partial charge in [0.25, 0.3) is 0 Å². The first-order valence-electron chi connectivity index (χ1n) is 7.16. The highest BCUT2D eigenvalue weighted by atomic mass is 16.3. The van der Waals surface area contributed by atoms with Gasteiger partial charge in [-0.1, -0.05) is 44.2 Å². The molecule has 0 aliphatic rings. The van der Waals surface area contributed by atoms with Crippen molar-refractivity contribution < 1.29 is 14.7 Å². The molecule has 0 spiro atoms. The summed E-state index contributed by atoms with van der Waals surface area (Å²) in [5.41, 5.74) is 0.990. The van der Waals surface area contributed by atoms with E-state index in [0.29, 0.717) is 6.54 Å². The molecule has 5 heteroatoms. The Bertz CT molecular complexity index is 460. The predicted molar refractivity (Wildman–Crippen MR) is 81.4 cm³/mol. The molecule has 0 fully saturated rings. The van der Waals surface area contributed by atoms with E-state index in [-0.39, 0.29) is 30.9 Å². The maximum absolute atomic E-state index is 12.6. The van der Waals surface area contributed by atoms with Gasteiger partial charge in [0.05, 0.1) is 6.61 Å². The van der Waals surface area contributed by atoms with Crippen LogP contribution in [0.3, 0.4) is 0 Å². The molecule has 1 rings (SSSR count). The van der Waals surface area contributed by atoms with Crippen molar-refractivity contribution in [3.63, 3.8) is 0 Å². The second-order valence-electron chi connectivity index (χ2n) is 5.39. The van der Waals surface area contributed by atoms with Crippen LogP contribution in [0.2, 0.25) is 0 Å². The number of carbonyl (C=O) groups is 2. The van der Waals surface area contributed by atoms with Crippen LogP contribution < -0.4 is 5.32 Å². The molecule has 21 heavy (non-hydrogen) atoms. The molecule has 0 aliphatic heterocycles. The number of amides is 2. The Morgan fingerprint density at radius 1 is 1.24 bits per heavy atom. The minimum Gasteiger partial charge on any atom is -0.395 e. The van der Waals surface area contributed by atoms with Gasteiger partial charge in [-0.3, -0.25) is 9.59 Å². The number of carbonyl (C=O) groups excluding carboxylic acids is 2. The van der Waals surface area contributed by atoms with Crippen LogP contribution in [0.5, 0.6) is 0 Å². The highest BCUT2D eigenvalue weighted by Crippen LogP contribution is 2.10. The summed E-state index contributed by atoms with van der Waals surface area (Å²) in [5, 5.41) is 11.9. The Balaban J connectivity index is 2.86. The van der Waals surface area contributed by atoms with Gasteiger partial charge in [0.1, 0.15) is 6.04 Å². The molecular formula is C16H24N2O3. The second-order valence-corrected chi connectivity index (χ2v) is 5.39. The highest BCUT2D eigenvalue weighted by molar-refractivity contribution is 5.87. The van der Waals surface area contributed by atoms with E-state index in [9.17, 15) is 14.7 Å². The number of nitrogens with one attached hydrogen (secondary N) is 1. The molecule has 0 saturated heterocycles. The molecule has 116 valence electrons. The lowest BCUT2D eigenvalue weighted by Gasteiger charge is -2.29. The first-order chi connectivity index (χ1) is 9.95. The van der Waals surface area contributed by atoms with Crippen molar-refractivity contribution >= 4 is 11.8 Å². The van der Waals surface area contributed by atoms with E-state index in [1.54, 1.807) is 4.90 Å². The zero-order valence-corrected chi connectivity index (χ0v) is 12.9. The summed E-state index contributed by atoms with van der Waals surface area (Å²) in [6.45, 7) is 5.73. The number of hydrogen-bond donors (Lipinski definition) is 2. The number of rotatable bonds is 7. The summed E-state index contributed by atoms with van der Waals surface area (Å²) < 4.78 is 0. The van der Waals surface area contributed by atoms with Crippen molar-refractivity contribution in [3.05, 3.63) is 35.9 Å². The van der Waals surface area contributed by atoms with Crippen LogP contribution in [-0.4, -0.2) is 41.0 Å². The first kappa shape index (κ1) is 17.2. The molecule has 1 aromatic rings. The van der Waals surface area contributed by atoms with Gasteiger partial charge in [-0.2, -0.15) is 0 Å². The minimum absolute atomic E-state index is 0.0154. The maximum atomic E-state index is 12.6. The Morgan fingerprint density at radius 2 is 1.86 bits per heavy atom. The lowest BCUT2D eigenvalue weighted by molar-refractivity contribution is -0.138. The van der Waals surface area contributed by atoms with Crippen LogP contribution in [0, 0.1) is 5.92 Å². The fourth-order valence-corrected chi connectivity index (χ4v) is 2.12. The SMILES string of the molecule is CC(=O)NC(C(=O)N(CCO)Cc1ccccc1)C(C)C. The largest absolute Gasteiger partial charge is 0.395 e. The van der Waals surface area contributed by atoms with Crippen LogP contribution in [-0.2, 0) is 16.1 Å².